The van der Waals surface area contributed by atoms with Crippen molar-refractivity contribution >= 4 is 43.6 Å². The molecule has 3 aromatic heterocycles. The molecule has 0 fully saturated rings. The van der Waals surface area contributed by atoms with Crippen LogP contribution in [0.1, 0.15) is 0 Å². The highest BCUT2D eigenvalue weighted by atomic mass is 15.2. The summed E-state index contributed by atoms with van der Waals surface area (Å²) in [6, 6.07) is 53.9. The minimum Gasteiger partial charge on any atom is -0.344 e. The fraction of sp³-hybridized carbons (Fsp3) is 0.0250. The number of hydrogen-bond donors (Lipinski definition) is 0. The maximum absolute atomic E-state index is 4.91. The first-order chi connectivity index (χ1) is 22.3. The monoisotopic (exact) mass is 579 g/mol. The molecule has 0 saturated carbocycles. The Labute approximate surface area is 260 Å². The number of fused-ring (bicyclic) bond motifs is 6. The number of aromatic nitrogens is 5. The topological polar surface area (TPSA) is 48.5 Å². The van der Waals surface area contributed by atoms with E-state index < -0.39 is 0 Å². The van der Waals surface area contributed by atoms with Gasteiger partial charge >= 0.3 is 0 Å². The predicted molar refractivity (Wildman–Crippen MR) is 185 cm³/mol. The first-order valence-electron chi connectivity index (χ1n) is 15.0. The second-order valence-electron chi connectivity index (χ2n) is 11.0. The van der Waals surface area contributed by atoms with Gasteiger partial charge in [0.15, 0.2) is 11.6 Å². The lowest BCUT2D eigenvalue weighted by molar-refractivity contribution is 0.953. The molecule has 5 nitrogen and oxygen atoms in total. The van der Waals surface area contributed by atoms with Gasteiger partial charge in [-0.15, -0.1) is 0 Å². The quantitative estimate of drug-likeness (QED) is 0.209. The van der Waals surface area contributed by atoms with Crippen LogP contribution >= 0.6 is 0 Å². The molecular formula is C40H29N5. The van der Waals surface area contributed by atoms with Crippen LogP contribution in [-0.2, 0) is 7.05 Å². The molecule has 0 unspecified atom stereocenters. The molecule has 0 aliphatic rings. The normalized spacial score (nSPS) is 11.2. The SMILES string of the molecule is Cn1c2ccccc2c2ccccc21.c1ccc(-c2nc(-c3ccccc3)nc(-n3c4ccccc4c4ccccc43)n2)cc1. The van der Waals surface area contributed by atoms with Crippen molar-refractivity contribution in [3.8, 4) is 28.7 Å². The van der Waals surface area contributed by atoms with E-state index in [4.69, 9.17) is 15.0 Å². The zero-order chi connectivity index (χ0) is 30.2. The molecule has 0 radical (unpaired) electrons. The van der Waals surface area contributed by atoms with Crippen LogP contribution in [0.15, 0.2) is 158 Å². The largest absolute Gasteiger partial charge is 0.344 e. The fourth-order valence-corrected chi connectivity index (χ4v) is 6.15. The molecule has 0 amide bonds. The molecule has 3 heterocycles. The summed E-state index contributed by atoms with van der Waals surface area (Å²) in [6.45, 7) is 0. The van der Waals surface area contributed by atoms with Crippen LogP contribution in [-0.4, -0.2) is 24.1 Å². The van der Waals surface area contributed by atoms with E-state index in [-0.39, 0.29) is 0 Å². The minimum absolute atomic E-state index is 0.616. The fourth-order valence-electron chi connectivity index (χ4n) is 6.15. The van der Waals surface area contributed by atoms with E-state index in [1.54, 1.807) is 0 Å². The highest BCUT2D eigenvalue weighted by Crippen LogP contribution is 2.32. The van der Waals surface area contributed by atoms with Crippen LogP contribution in [0, 0.1) is 0 Å². The first kappa shape index (κ1) is 26.5. The van der Waals surface area contributed by atoms with Crippen LogP contribution in [0.4, 0.5) is 0 Å². The number of hydrogen-bond acceptors (Lipinski definition) is 3. The molecule has 0 N–H and O–H groups in total. The molecule has 6 aromatic carbocycles. The lowest BCUT2D eigenvalue weighted by atomic mass is 10.2. The van der Waals surface area contributed by atoms with Gasteiger partial charge in [-0.2, -0.15) is 9.97 Å². The maximum Gasteiger partial charge on any atom is 0.238 e. The van der Waals surface area contributed by atoms with Crippen molar-refractivity contribution in [3.63, 3.8) is 0 Å². The lowest BCUT2D eigenvalue weighted by Crippen LogP contribution is -2.06. The second-order valence-corrected chi connectivity index (χ2v) is 11.0. The minimum atomic E-state index is 0.616. The molecular weight excluding hydrogens is 550 g/mol. The number of para-hydroxylation sites is 4. The zero-order valence-corrected chi connectivity index (χ0v) is 24.7. The van der Waals surface area contributed by atoms with Crippen molar-refractivity contribution in [2.45, 2.75) is 0 Å². The summed E-state index contributed by atoms with van der Waals surface area (Å²) < 4.78 is 4.37. The summed E-state index contributed by atoms with van der Waals surface area (Å²) in [5, 5.41) is 5.04. The van der Waals surface area contributed by atoms with E-state index in [9.17, 15) is 0 Å². The van der Waals surface area contributed by atoms with Crippen LogP contribution in [0.2, 0.25) is 0 Å². The van der Waals surface area contributed by atoms with E-state index in [0.29, 0.717) is 17.6 Å². The van der Waals surface area contributed by atoms with E-state index in [0.717, 1.165) is 22.2 Å². The summed E-state index contributed by atoms with van der Waals surface area (Å²) in [5.74, 6) is 1.93. The number of rotatable bonds is 3. The zero-order valence-electron chi connectivity index (χ0n) is 24.7. The van der Waals surface area contributed by atoms with Gasteiger partial charge in [-0.05, 0) is 24.3 Å². The van der Waals surface area contributed by atoms with Gasteiger partial charge in [-0.25, -0.2) is 4.98 Å². The predicted octanol–water partition coefficient (Wildman–Crippen LogP) is 9.63. The maximum atomic E-state index is 4.91. The van der Waals surface area contributed by atoms with E-state index >= 15 is 0 Å². The summed E-state index contributed by atoms with van der Waals surface area (Å²) in [6.07, 6.45) is 0. The van der Waals surface area contributed by atoms with Crippen LogP contribution in [0.3, 0.4) is 0 Å². The van der Waals surface area contributed by atoms with Crippen molar-refractivity contribution in [1.29, 1.82) is 0 Å². The highest BCUT2D eigenvalue weighted by Gasteiger charge is 2.17. The smallest absolute Gasteiger partial charge is 0.238 e. The standard InChI is InChI=1S/C27H18N4.C13H11N/c1-3-11-19(12-4-1)25-28-26(20-13-5-2-6-14-20)30-27(29-25)31-23-17-9-7-15-21(23)22-16-8-10-18-24(22)31;1-14-12-8-4-2-6-10(12)11-7-3-5-9-13(11)14/h1-18H;2-9H,1H3. The van der Waals surface area contributed by atoms with E-state index in [2.05, 4.69) is 113 Å². The summed E-state index contributed by atoms with van der Waals surface area (Å²) in [4.78, 5) is 14.6. The molecule has 0 bridgehead atoms. The molecule has 0 spiro atoms. The molecule has 214 valence electrons. The van der Waals surface area contributed by atoms with Gasteiger partial charge in [-0.3, -0.25) is 4.57 Å². The number of aryl methyl sites for hydroxylation is 1. The molecule has 0 aliphatic carbocycles. The van der Waals surface area contributed by atoms with Gasteiger partial charge in [0.25, 0.3) is 0 Å². The Balaban J connectivity index is 0.000000178. The third-order valence-electron chi connectivity index (χ3n) is 8.29. The van der Waals surface area contributed by atoms with Gasteiger partial charge in [0.05, 0.1) is 11.0 Å². The highest BCUT2D eigenvalue weighted by molar-refractivity contribution is 6.09. The summed E-state index contributed by atoms with van der Waals surface area (Å²) >= 11 is 0. The second kappa shape index (κ2) is 11.2. The van der Waals surface area contributed by atoms with Gasteiger partial charge in [0, 0.05) is 50.8 Å². The van der Waals surface area contributed by atoms with Crippen molar-refractivity contribution in [3.05, 3.63) is 158 Å². The Morgan fingerprint density at radius 2 is 0.689 bits per heavy atom. The Bertz CT molecular complexity index is 2280. The molecule has 0 aliphatic heterocycles. The summed E-state index contributed by atoms with van der Waals surface area (Å²) in [5.41, 5.74) is 6.68. The Morgan fingerprint density at radius 1 is 0.356 bits per heavy atom. The molecule has 9 rings (SSSR count). The van der Waals surface area contributed by atoms with Crippen molar-refractivity contribution < 1.29 is 0 Å². The summed E-state index contributed by atoms with van der Waals surface area (Å²) in [7, 11) is 2.12. The van der Waals surface area contributed by atoms with Crippen LogP contribution < -0.4 is 0 Å². The average Bonchev–Trinajstić information content (AvgIpc) is 3.61. The van der Waals surface area contributed by atoms with Crippen molar-refractivity contribution in [2.24, 2.45) is 7.05 Å². The Morgan fingerprint density at radius 3 is 1.11 bits per heavy atom. The van der Waals surface area contributed by atoms with Gasteiger partial charge < -0.3 is 4.57 Å². The third kappa shape index (κ3) is 4.71. The van der Waals surface area contributed by atoms with Crippen LogP contribution in [0.25, 0.3) is 72.3 Å². The van der Waals surface area contributed by atoms with Gasteiger partial charge in [0.2, 0.25) is 5.95 Å². The Kier molecular flexibility index (Phi) is 6.61. The lowest BCUT2D eigenvalue weighted by Gasteiger charge is -2.10. The average molecular weight is 580 g/mol. The molecule has 9 aromatic rings. The number of nitrogens with zero attached hydrogens (tertiary/aromatic N) is 5. The van der Waals surface area contributed by atoms with E-state index in [1.165, 1.54) is 32.6 Å². The molecule has 0 saturated heterocycles. The molecule has 0 atom stereocenters. The van der Waals surface area contributed by atoms with Crippen LogP contribution in [0.5, 0.6) is 0 Å². The van der Waals surface area contributed by atoms with Crippen molar-refractivity contribution in [2.75, 3.05) is 0 Å². The number of benzene rings is 6. The first-order valence-corrected chi connectivity index (χ1v) is 15.0. The van der Waals surface area contributed by atoms with Gasteiger partial charge in [0.1, 0.15) is 0 Å². The molecule has 45 heavy (non-hydrogen) atoms. The van der Waals surface area contributed by atoms with Gasteiger partial charge in [-0.1, -0.05) is 133 Å². The third-order valence-corrected chi connectivity index (χ3v) is 8.29. The Hall–Kier alpha value is -6.07. The van der Waals surface area contributed by atoms with E-state index in [1.807, 2.05) is 60.7 Å². The van der Waals surface area contributed by atoms with Crippen molar-refractivity contribution in [1.82, 2.24) is 24.1 Å². The molecule has 5 heteroatoms.